The van der Waals surface area contributed by atoms with Crippen LogP contribution in [0.25, 0.3) is 61.3 Å². The summed E-state index contributed by atoms with van der Waals surface area (Å²) in [5.74, 6) is 0. The minimum Gasteiger partial charge on any atom is -0.309 e. The standard InChI is InChI=1S/C36H26N4/c1-36(2)28-21-24(31-10-4-7-17-38-31)13-15-34(28)40-33-14-12-23(30-9-3-6-16-37-30)19-26(33)27-20-25(22-29(36)35(27)40)32-11-5-8-18-39-32/h3-22H,1-2H3. The molecule has 1 aliphatic rings. The van der Waals surface area contributed by atoms with E-state index in [9.17, 15) is 0 Å². The average molecular weight is 515 g/mol. The van der Waals surface area contributed by atoms with Gasteiger partial charge >= 0.3 is 0 Å². The van der Waals surface area contributed by atoms with Gasteiger partial charge in [0.1, 0.15) is 0 Å². The van der Waals surface area contributed by atoms with Crippen molar-refractivity contribution >= 4 is 21.8 Å². The van der Waals surface area contributed by atoms with Gasteiger partial charge in [-0.3, -0.25) is 15.0 Å². The number of rotatable bonds is 3. The van der Waals surface area contributed by atoms with E-state index in [1.54, 1.807) is 0 Å². The Balaban J connectivity index is 1.48. The second-order valence-electron chi connectivity index (χ2n) is 11.0. The molecule has 0 saturated heterocycles. The van der Waals surface area contributed by atoms with Crippen LogP contribution in [-0.2, 0) is 5.41 Å². The highest BCUT2D eigenvalue weighted by molar-refractivity contribution is 6.13. The molecule has 4 heteroatoms. The Kier molecular flexibility index (Phi) is 4.83. The fraction of sp³-hybridized carbons (Fsp3) is 0.0833. The van der Waals surface area contributed by atoms with E-state index < -0.39 is 0 Å². The molecular weight excluding hydrogens is 488 g/mol. The fourth-order valence-electron chi connectivity index (χ4n) is 6.32. The zero-order chi connectivity index (χ0) is 26.8. The molecule has 4 nitrogen and oxygen atoms in total. The Hall–Kier alpha value is -5.09. The van der Waals surface area contributed by atoms with E-state index in [1.807, 2.05) is 48.9 Å². The lowest BCUT2D eigenvalue weighted by Crippen LogP contribution is -2.26. The minimum atomic E-state index is -0.239. The SMILES string of the molecule is CC1(C)c2cc(-c3ccccn3)ccc2-n2c3ccc(-c4ccccn4)cc3c3cc(-c4ccccn4)cc1c32. The molecule has 40 heavy (non-hydrogen) atoms. The molecule has 0 saturated carbocycles. The van der Waals surface area contributed by atoms with Crippen LogP contribution in [0.5, 0.6) is 0 Å². The molecule has 0 unspecified atom stereocenters. The average Bonchev–Trinajstić information content (AvgIpc) is 3.34. The van der Waals surface area contributed by atoms with Gasteiger partial charge < -0.3 is 4.57 Å². The second kappa shape index (κ2) is 8.45. The maximum atomic E-state index is 4.72. The lowest BCUT2D eigenvalue weighted by molar-refractivity contribution is 0.630. The molecule has 0 spiro atoms. The van der Waals surface area contributed by atoms with Crippen LogP contribution in [0, 0.1) is 0 Å². The molecule has 0 radical (unpaired) electrons. The van der Waals surface area contributed by atoms with Gasteiger partial charge in [0, 0.05) is 51.5 Å². The number of benzene rings is 3. The Labute approximate surface area is 232 Å². The van der Waals surface area contributed by atoms with Crippen molar-refractivity contribution < 1.29 is 0 Å². The van der Waals surface area contributed by atoms with E-state index in [0.29, 0.717) is 0 Å². The van der Waals surface area contributed by atoms with Crippen molar-refractivity contribution in [2.75, 3.05) is 0 Å². The number of aromatic nitrogens is 4. The third-order valence-electron chi connectivity index (χ3n) is 8.33. The van der Waals surface area contributed by atoms with Gasteiger partial charge in [-0.2, -0.15) is 0 Å². The topological polar surface area (TPSA) is 43.6 Å². The van der Waals surface area contributed by atoms with Gasteiger partial charge in [-0.15, -0.1) is 0 Å². The largest absolute Gasteiger partial charge is 0.309 e. The van der Waals surface area contributed by atoms with Crippen LogP contribution in [0.2, 0.25) is 0 Å². The highest BCUT2D eigenvalue weighted by Crippen LogP contribution is 2.49. The van der Waals surface area contributed by atoms with Crippen LogP contribution in [0.3, 0.4) is 0 Å². The molecule has 5 heterocycles. The number of pyridine rings is 3. The van der Waals surface area contributed by atoms with Crippen molar-refractivity contribution in [3.63, 3.8) is 0 Å². The molecule has 190 valence electrons. The van der Waals surface area contributed by atoms with E-state index in [2.05, 4.69) is 101 Å². The molecular formula is C36H26N4. The summed E-state index contributed by atoms with van der Waals surface area (Å²) in [6.07, 6.45) is 5.58. The molecule has 1 aliphatic heterocycles. The third kappa shape index (κ3) is 3.29. The van der Waals surface area contributed by atoms with Crippen molar-refractivity contribution in [3.8, 4) is 39.5 Å². The number of nitrogens with zero attached hydrogens (tertiary/aromatic N) is 4. The lowest BCUT2D eigenvalue weighted by Gasteiger charge is -2.35. The summed E-state index contributed by atoms with van der Waals surface area (Å²) >= 11 is 0. The number of fused-ring (bicyclic) bond motifs is 5. The van der Waals surface area contributed by atoms with Crippen LogP contribution in [0.1, 0.15) is 25.0 Å². The Morgan fingerprint density at radius 3 is 1.70 bits per heavy atom. The number of hydrogen-bond acceptors (Lipinski definition) is 3. The summed E-state index contributed by atoms with van der Waals surface area (Å²) in [5.41, 5.74) is 12.3. The van der Waals surface area contributed by atoms with E-state index in [4.69, 9.17) is 4.98 Å². The first-order valence-corrected chi connectivity index (χ1v) is 13.6. The van der Waals surface area contributed by atoms with Gasteiger partial charge in [0.05, 0.1) is 33.8 Å². The molecule has 3 aromatic carbocycles. The quantitative estimate of drug-likeness (QED) is 0.237. The zero-order valence-electron chi connectivity index (χ0n) is 22.3. The molecule has 0 bridgehead atoms. The molecule has 8 rings (SSSR count). The molecule has 0 aliphatic carbocycles. The van der Waals surface area contributed by atoms with E-state index >= 15 is 0 Å². The van der Waals surface area contributed by atoms with Gasteiger partial charge in [0.25, 0.3) is 0 Å². The van der Waals surface area contributed by atoms with E-state index in [0.717, 1.165) is 33.8 Å². The first kappa shape index (κ1) is 22.9. The maximum Gasteiger partial charge on any atom is 0.0702 e. The summed E-state index contributed by atoms with van der Waals surface area (Å²) < 4.78 is 2.45. The minimum absolute atomic E-state index is 0.239. The third-order valence-corrected chi connectivity index (χ3v) is 8.33. The molecule has 0 amide bonds. The van der Waals surface area contributed by atoms with Crippen molar-refractivity contribution in [2.45, 2.75) is 19.3 Å². The predicted octanol–water partition coefficient (Wildman–Crippen LogP) is 8.61. The van der Waals surface area contributed by atoms with Crippen molar-refractivity contribution in [2.24, 2.45) is 0 Å². The second-order valence-corrected chi connectivity index (χ2v) is 11.0. The normalized spacial score (nSPS) is 13.4. The molecule has 0 atom stereocenters. The monoisotopic (exact) mass is 514 g/mol. The predicted molar refractivity (Wildman–Crippen MR) is 163 cm³/mol. The van der Waals surface area contributed by atoms with Crippen molar-refractivity contribution in [1.29, 1.82) is 0 Å². The Bertz CT molecular complexity index is 2060. The van der Waals surface area contributed by atoms with Gasteiger partial charge in [0.2, 0.25) is 0 Å². The van der Waals surface area contributed by atoms with Crippen LogP contribution in [0.15, 0.2) is 122 Å². The first-order valence-electron chi connectivity index (χ1n) is 13.6. The van der Waals surface area contributed by atoms with E-state index in [-0.39, 0.29) is 5.41 Å². The van der Waals surface area contributed by atoms with Crippen LogP contribution < -0.4 is 0 Å². The first-order chi connectivity index (χ1) is 19.6. The van der Waals surface area contributed by atoms with Crippen LogP contribution in [0.4, 0.5) is 0 Å². The molecule has 0 fully saturated rings. The summed E-state index contributed by atoms with van der Waals surface area (Å²) in [6.45, 7) is 4.68. The zero-order valence-corrected chi connectivity index (χ0v) is 22.3. The van der Waals surface area contributed by atoms with E-state index in [1.165, 1.54) is 38.6 Å². The Morgan fingerprint density at radius 2 is 1.07 bits per heavy atom. The summed E-state index contributed by atoms with van der Waals surface area (Å²) in [6, 6.07) is 36.4. The lowest BCUT2D eigenvalue weighted by atomic mass is 9.73. The van der Waals surface area contributed by atoms with Gasteiger partial charge in [-0.1, -0.05) is 44.2 Å². The maximum absolute atomic E-state index is 4.72. The smallest absolute Gasteiger partial charge is 0.0702 e. The van der Waals surface area contributed by atoms with Crippen LogP contribution >= 0.6 is 0 Å². The number of hydrogen-bond donors (Lipinski definition) is 0. The van der Waals surface area contributed by atoms with Gasteiger partial charge in [0.15, 0.2) is 0 Å². The highest BCUT2D eigenvalue weighted by Gasteiger charge is 2.36. The highest BCUT2D eigenvalue weighted by atomic mass is 15.0. The molecule has 7 aromatic rings. The van der Waals surface area contributed by atoms with Gasteiger partial charge in [-0.05, 0) is 83.9 Å². The Morgan fingerprint density at radius 1 is 0.525 bits per heavy atom. The summed E-state index contributed by atoms with van der Waals surface area (Å²) in [5, 5.41) is 2.45. The van der Waals surface area contributed by atoms with Crippen molar-refractivity contribution in [1.82, 2.24) is 19.5 Å². The van der Waals surface area contributed by atoms with Gasteiger partial charge in [-0.25, -0.2) is 0 Å². The summed E-state index contributed by atoms with van der Waals surface area (Å²) in [4.78, 5) is 14.0. The molecule has 0 N–H and O–H groups in total. The fourth-order valence-corrected chi connectivity index (χ4v) is 6.32. The van der Waals surface area contributed by atoms with Crippen LogP contribution in [-0.4, -0.2) is 19.5 Å². The molecule has 4 aromatic heterocycles. The summed E-state index contributed by atoms with van der Waals surface area (Å²) in [7, 11) is 0. The van der Waals surface area contributed by atoms with Crippen molar-refractivity contribution in [3.05, 3.63) is 133 Å².